The molecular weight excluding hydrogens is 428 g/mol. The van der Waals surface area contributed by atoms with Crippen LogP contribution in [-0.4, -0.2) is 49.3 Å². The second kappa shape index (κ2) is 10.1. The van der Waals surface area contributed by atoms with E-state index >= 15 is 0 Å². The van der Waals surface area contributed by atoms with Gasteiger partial charge < -0.3 is 10.1 Å². The molecule has 1 fully saturated rings. The fraction of sp³-hybridized carbons (Fsp3) is 0.450. The summed E-state index contributed by atoms with van der Waals surface area (Å²) in [6.45, 7) is 5.77. The summed E-state index contributed by atoms with van der Waals surface area (Å²) in [5.41, 5.74) is 1.98. The molecule has 1 aromatic heterocycles. The highest BCUT2D eigenvalue weighted by Gasteiger charge is 2.31. The minimum atomic E-state index is -3.65. The van der Waals surface area contributed by atoms with E-state index in [0.717, 1.165) is 34.0 Å². The van der Waals surface area contributed by atoms with Crippen molar-refractivity contribution in [2.45, 2.75) is 38.0 Å². The summed E-state index contributed by atoms with van der Waals surface area (Å²) < 4.78 is 33.0. The molecule has 1 aromatic carbocycles. The molecule has 2 heterocycles. The van der Waals surface area contributed by atoms with Gasteiger partial charge in [0.05, 0.1) is 12.7 Å². The Labute approximate surface area is 180 Å². The largest absolute Gasteiger partial charge is 0.374 e. The molecule has 0 bridgehead atoms. The van der Waals surface area contributed by atoms with Gasteiger partial charge in [0, 0.05) is 31.1 Å². The third-order valence-corrected chi connectivity index (χ3v) is 8.38. The SMILES string of the molecule is CC(C)OCc1cccc(CNC(=O)c2sccc2S(=O)(=O)N2CCSCC2)c1. The Morgan fingerprint density at radius 2 is 1.93 bits per heavy atom. The number of carbonyl (C=O) groups is 1. The normalized spacial score (nSPS) is 15.6. The molecule has 1 N–H and O–H groups in total. The van der Waals surface area contributed by atoms with E-state index in [1.54, 1.807) is 17.1 Å². The minimum Gasteiger partial charge on any atom is -0.374 e. The Morgan fingerprint density at radius 1 is 1.21 bits per heavy atom. The van der Waals surface area contributed by atoms with Crippen molar-refractivity contribution in [1.82, 2.24) is 9.62 Å². The van der Waals surface area contributed by atoms with Gasteiger partial charge in [-0.3, -0.25) is 4.79 Å². The number of rotatable bonds is 8. The lowest BCUT2D eigenvalue weighted by molar-refractivity contribution is 0.0657. The van der Waals surface area contributed by atoms with Gasteiger partial charge in [-0.1, -0.05) is 24.3 Å². The Balaban J connectivity index is 1.67. The number of thioether (sulfide) groups is 1. The summed E-state index contributed by atoms with van der Waals surface area (Å²) in [5.74, 6) is 1.19. The van der Waals surface area contributed by atoms with Crippen LogP contribution < -0.4 is 5.32 Å². The molecule has 0 atom stereocenters. The Hall–Kier alpha value is -1.39. The monoisotopic (exact) mass is 454 g/mol. The van der Waals surface area contributed by atoms with Gasteiger partial charge in [-0.05, 0) is 36.4 Å². The molecule has 1 saturated heterocycles. The van der Waals surface area contributed by atoms with Crippen molar-refractivity contribution in [1.29, 1.82) is 0 Å². The fourth-order valence-corrected chi connectivity index (χ4v) is 6.84. The number of hydrogen-bond donors (Lipinski definition) is 1. The van der Waals surface area contributed by atoms with E-state index in [4.69, 9.17) is 4.74 Å². The zero-order valence-electron chi connectivity index (χ0n) is 16.6. The van der Waals surface area contributed by atoms with Crippen LogP contribution in [0.2, 0.25) is 0 Å². The van der Waals surface area contributed by atoms with Crippen LogP contribution in [0.1, 0.15) is 34.6 Å². The molecule has 6 nitrogen and oxygen atoms in total. The number of ether oxygens (including phenoxy) is 1. The molecule has 1 amide bonds. The molecule has 0 radical (unpaired) electrons. The van der Waals surface area contributed by atoms with Gasteiger partial charge in [0.15, 0.2) is 0 Å². The second-order valence-electron chi connectivity index (χ2n) is 6.99. The van der Waals surface area contributed by atoms with Gasteiger partial charge in [0.1, 0.15) is 9.77 Å². The van der Waals surface area contributed by atoms with Crippen LogP contribution in [0.25, 0.3) is 0 Å². The Kier molecular flexibility index (Phi) is 7.75. The summed E-state index contributed by atoms with van der Waals surface area (Å²) in [6, 6.07) is 9.35. The Morgan fingerprint density at radius 3 is 2.66 bits per heavy atom. The van der Waals surface area contributed by atoms with E-state index < -0.39 is 10.0 Å². The number of nitrogens with one attached hydrogen (secondary N) is 1. The van der Waals surface area contributed by atoms with Crippen LogP contribution in [0, 0.1) is 0 Å². The maximum absolute atomic E-state index is 12.9. The number of hydrogen-bond acceptors (Lipinski definition) is 6. The summed E-state index contributed by atoms with van der Waals surface area (Å²) in [5, 5.41) is 4.51. The lowest BCUT2D eigenvalue weighted by atomic mass is 10.1. The van der Waals surface area contributed by atoms with Crippen molar-refractivity contribution in [3.63, 3.8) is 0 Å². The first-order valence-electron chi connectivity index (χ1n) is 9.51. The summed E-state index contributed by atoms with van der Waals surface area (Å²) in [7, 11) is -3.65. The number of thiophene rings is 1. The van der Waals surface area contributed by atoms with Crippen LogP contribution in [0.5, 0.6) is 0 Å². The molecule has 0 spiro atoms. The average molecular weight is 455 g/mol. The first kappa shape index (κ1) is 22.3. The average Bonchev–Trinajstić information content (AvgIpc) is 3.22. The molecule has 1 aliphatic heterocycles. The number of amides is 1. The first-order valence-corrected chi connectivity index (χ1v) is 13.0. The smallest absolute Gasteiger partial charge is 0.263 e. The van der Waals surface area contributed by atoms with E-state index in [9.17, 15) is 13.2 Å². The zero-order chi connectivity index (χ0) is 20.9. The maximum atomic E-state index is 12.9. The van der Waals surface area contributed by atoms with Crippen molar-refractivity contribution in [2.24, 2.45) is 0 Å². The lowest BCUT2D eigenvalue weighted by Gasteiger charge is -2.25. The van der Waals surface area contributed by atoms with Crippen LogP contribution in [0.15, 0.2) is 40.6 Å². The van der Waals surface area contributed by atoms with Crippen LogP contribution in [0.3, 0.4) is 0 Å². The second-order valence-corrected chi connectivity index (χ2v) is 11.0. The lowest BCUT2D eigenvalue weighted by Crippen LogP contribution is -2.38. The van der Waals surface area contributed by atoms with Crippen LogP contribution in [0.4, 0.5) is 0 Å². The quantitative estimate of drug-likeness (QED) is 0.662. The fourth-order valence-electron chi connectivity index (χ4n) is 2.95. The first-order chi connectivity index (χ1) is 13.9. The van der Waals surface area contributed by atoms with E-state index in [-0.39, 0.29) is 21.8 Å². The summed E-state index contributed by atoms with van der Waals surface area (Å²) in [4.78, 5) is 13.1. The number of benzene rings is 1. The van der Waals surface area contributed by atoms with E-state index in [0.29, 0.717) is 26.2 Å². The predicted octanol–water partition coefficient (Wildman–Crippen LogP) is 3.34. The molecule has 0 unspecified atom stereocenters. The minimum absolute atomic E-state index is 0.103. The number of nitrogens with zero attached hydrogens (tertiary/aromatic N) is 1. The van der Waals surface area contributed by atoms with Gasteiger partial charge in [0.2, 0.25) is 10.0 Å². The Bertz CT molecular complexity index is 935. The number of carbonyl (C=O) groups excluding carboxylic acids is 1. The van der Waals surface area contributed by atoms with E-state index in [1.165, 1.54) is 10.4 Å². The van der Waals surface area contributed by atoms with Gasteiger partial charge >= 0.3 is 0 Å². The maximum Gasteiger partial charge on any atom is 0.263 e. The molecule has 3 rings (SSSR count). The predicted molar refractivity (Wildman–Crippen MR) is 118 cm³/mol. The van der Waals surface area contributed by atoms with Gasteiger partial charge in [-0.25, -0.2) is 8.42 Å². The van der Waals surface area contributed by atoms with Crippen LogP contribution >= 0.6 is 23.1 Å². The van der Waals surface area contributed by atoms with E-state index in [2.05, 4.69) is 5.32 Å². The highest BCUT2D eigenvalue weighted by Crippen LogP contribution is 2.27. The summed E-state index contributed by atoms with van der Waals surface area (Å²) in [6.07, 6.45) is 0.149. The molecule has 1 aliphatic rings. The molecular formula is C20H26N2O4S3. The molecule has 0 saturated carbocycles. The third kappa shape index (κ3) is 5.82. The summed E-state index contributed by atoms with van der Waals surface area (Å²) >= 11 is 2.90. The standard InChI is InChI=1S/C20H26N2O4S3/c1-15(2)26-14-17-5-3-4-16(12-17)13-21-20(23)19-18(6-9-28-19)29(24,25)22-7-10-27-11-8-22/h3-6,9,12,15H,7-8,10-11,13-14H2,1-2H3,(H,21,23). The van der Waals surface area contributed by atoms with Crippen molar-refractivity contribution >= 4 is 39.0 Å². The zero-order valence-corrected chi connectivity index (χ0v) is 19.0. The van der Waals surface area contributed by atoms with Gasteiger partial charge in [-0.15, -0.1) is 11.3 Å². The van der Waals surface area contributed by atoms with Crippen molar-refractivity contribution in [3.05, 3.63) is 51.7 Å². The molecule has 9 heteroatoms. The van der Waals surface area contributed by atoms with Gasteiger partial charge in [-0.2, -0.15) is 16.1 Å². The van der Waals surface area contributed by atoms with Crippen molar-refractivity contribution < 1.29 is 17.9 Å². The molecule has 158 valence electrons. The van der Waals surface area contributed by atoms with E-state index in [1.807, 2.05) is 38.1 Å². The van der Waals surface area contributed by atoms with Crippen molar-refractivity contribution in [3.8, 4) is 0 Å². The van der Waals surface area contributed by atoms with Crippen LogP contribution in [-0.2, 0) is 27.9 Å². The van der Waals surface area contributed by atoms with Gasteiger partial charge in [0.25, 0.3) is 5.91 Å². The van der Waals surface area contributed by atoms with Crippen molar-refractivity contribution in [2.75, 3.05) is 24.6 Å². The molecule has 2 aromatic rings. The third-order valence-electron chi connectivity index (χ3n) is 4.45. The highest BCUT2D eigenvalue weighted by molar-refractivity contribution is 7.99. The number of sulfonamides is 1. The highest BCUT2D eigenvalue weighted by atomic mass is 32.2. The topological polar surface area (TPSA) is 75.7 Å². The molecule has 29 heavy (non-hydrogen) atoms. The molecule has 0 aliphatic carbocycles.